The predicted octanol–water partition coefficient (Wildman–Crippen LogP) is -0.406. The Morgan fingerprint density at radius 3 is 2.95 bits per heavy atom. The van der Waals surface area contributed by atoms with Crippen molar-refractivity contribution in [2.24, 2.45) is 5.92 Å². The van der Waals surface area contributed by atoms with Crippen LogP contribution in [0.15, 0.2) is 21.9 Å². The first-order chi connectivity index (χ1) is 9.94. The van der Waals surface area contributed by atoms with Crippen LogP contribution in [0.5, 0.6) is 0 Å². The summed E-state index contributed by atoms with van der Waals surface area (Å²) in [6.07, 6.45) is 4.81. The summed E-state index contributed by atoms with van der Waals surface area (Å²) < 4.78 is 1.13. The SMILES string of the molecule is CC1CCCC(CO)(NC(=O)Cn2ccc(=O)[nH]c2=O)C1. The fourth-order valence-corrected chi connectivity index (χ4v) is 3.02. The Kier molecular flexibility index (Phi) is 4.62. The Bertz CT molecular complexity index is 621. The number of H-pyrrole nitrogens is 1. The van der Waals surface area contributed by atoms with Crippen molar-refractivity contribution >= 4 is 5.91 Å². The summed E-state index contributed by atoms with van der Waals surface area (Å²) in [7, 11) is 0. The lowest BCUT2D eigenvalue weighted by molar-refractivity contribution is -0.125. The highest BCUT2D eigenvalue weighted by Gasteiger charge is 2.35. The number of rotatable bonds is 4. The molecule has 0 bridgehead atoms. The molecule has 7 nitrogen and oxygen atoms in total. The third kappa shape index (κ3) is 3.81. The van der Waals surface area contributed by atoms with E-state index in [1.165, 1.54) is 12.3 Å². The molecular weight excluding hydrogens is 274 g/mol. The molecule has 116 valence electrons. The molecule has 0 spiro atoms. The van der Waals surface area contributed by atoms with Crippen LogP contribution in [0.25, 0.3) is 0 Å². The second-order valence-corrected chi connectivity index (χ2v) is 5.93. The topological polar surface area (TPSA) is 104 Å². The van der Waals surface area contributed by atoms with E-state index in [9.17, 15) is 19.5 Å². The van der Waals surface area contributed by atoms with Crippen molar-refractivity contribution in [3.63, 3.8) is 0 Å². The number of aliphatic hydroxyl groups is 1. The van der Waals surface area contributed by atoms with Crippen LogP contribution in [-0.4, -0.2) is 32.7 Å². The Morgan fingerprint density at radius 2 is 2.33 bits per heavy atom. The molecule has 0 saturated heterocycles. The molecule has 1 amide bonds. The standard InChI is InChI=1S/C14H21N3O4/c1-10-3-2-5-14(7-10,9-18)16-12(20)8-17-6-4-11(19)15-13(17)21/h4,6,10,18H,2-3,5,7-9H2,1H3,(H,16,20)(H,15,19,21). The minimum Gasteiger partial charge on any atom is -0.394 e. The predicted molar refractivity (Wildman–Crippen MR) is 76.9 cm³/mol. The molecule has 1 heterocycles. The smallest absolute Gasteiger partial charge is 0.328 e. The maximum atomic E-state index is 12.1. The van der Waals surface area contributed by atoms with E-state index in [1.807, 2.05) is 0 Å². The van der Waals surface area contributed by atoms with Crippen LogP contribution < -0.4 is 16.6 Å². The molecule has 21 heavy (non-hydrogen) atoms. The summed E-state index contributed by atoms with van der Waals surface area (Å²) in [6.45, 7) is 1.82. The molecule has 1 aromatic rings. The van der Waals surface area contributed by atoms with Crippen LogP contribution in [0.3, 0.4) is 0 Å². The first kappa shape index (κ1) is 15.5. The Balaban J connectivity index is 2.06. The van der Waals surface area contributed by atoms with Gasteiger partial charge < -0.3 is 10.4 Å². The number of amides is 1. The van der Waals surface area contributed by atoms with Gasteiger partial charge in [0.2, 0.25) is 5.91 Å². The molecule has 1 aliphatic carbocycles. The molecule has 1 fully saturated rings. The van der Waals surface area contributed by atoms with Gasteiger partial charge in [-0.25, -0.2) is 4.79 Å². The van der Waals surface area contributed by atoms with E-state index >= 15 is 0 Å². The lowest BCUT2D eigenvalue weighted by atomic mass is 9.77. The molecule has 7 heteroatoms. The van der Waals surface area contributed by atoms with Gasteiger partial charge in [-0.05, 0) is 18.8 Å². The first-order valence-electron chi connectivity index (χ1n) is 7.16. The summed E-state index contributed by atoms with van der Waals surface area (Å²) >= 11 is 0. The number of nitrogens with zero attached hydrogens (tertiary/aromatic N) is 1. The number of aliphatic hydroxyl groups excluding tert-OH is 1. The van der Waals surface area contributed by atoms with Gasteiger partial charge in [-0.15, -0.1) is 0 Å². The third-order valence-corrected chi connectivity index (χ3v) is 4.01. The number of carbonyl (C=O) groups excluding carboxylic acids is 1. The fraction of sp³-hybridized carbons (Fsp3) is 0.643. The maximum Gasteiger partial charge on any atom is 0.328 e. The Hall–Kier alpha value is -1.89. The van der Waals surface area contributed by atoms with Crippen LogP contribution in [0.2, 0.25) is 0 Å². The van der Waals surface area contributed by atoms with Crippen molar-refractivity contribution in [3.8, 4) is 0 Å². The van der Waals surface area contributed by atoms with Crippen LogP contribution >= 0.6 is 0 Å². The lowest BCUT2D eigenvalue weighted by Crippen LogP contribution is -2.55. The second-order valence-electron chi connectivity index (χ2n) is 5.93. The number of aromatic nitrogens is 2. The molecule has 1 aromatic heterocycles. The highest BCUT2D eigenvalue weighted by molar-refractivity contribution is 5.76. The van der Waals surface area contributed by atoms with Crippen LogP contribution in [0.1, 0.15) is 32.6 Å². The summed E-state index contributed by atoms with van der Waals surface area (Å²) in [4.78, 5) is 36.7. The fourth-order valence-electron chi connectivity index (χ4n) is 3.02. The Labute approximate surface area is 122 Å². The van der Waals surface area contributed by atoms with Gasteiger partial charge in [0.1, 0.15) is 6.54 Å². The summed E-state index contributed by atoms with van der Waals surface area (Å²) in [6, 6.07) is 1.19. The van der Waals surface area contributed by atoms with Crippen molar-refractivity contribution in [3.05, 3.63) is 33.1 Å². The van der Waals surface area contributed by atoms with E-state index in [0.717, 1.165) is 30.3 Å². The summed E-state index contributed by atoms with van der Waals surface area (Å²) in [5.74, 6) is 0.106. The lowest BCUT2D eigenvalue weighted by Gasteiger charge is -2.39. The molecule has 0 radical (unpaired) electrons. The van der Waals surface area contributed by atoms with Gasteiger partial charge in [0.15, 0.2) is 0 Å². The van der Waals surface area contributed by atoms with Crippen LogP contribution in [0, 0.1) is 5.92 Å². The van der Waals surface area contributed by atoms with E-state index in [-0.39, 0.29) is 19.1 Å². The van der Waals surface area contributed by atoms with Crippen LogP contribution in [0.4, 0.5) is 0 Å². The van der Waals surface area contributed by atoms with Gasteiger partial charge >= 0.3 is 5.69 Å². The second kappa shape index (κ2) is 6.26. The van der Waals surface area contributed by atoms with Gasteiger partial charge in [-0.2, -0.15) is 0 Å². The molecule has 2 rings (SSSR count). The zero-order valence-electron chi connectivity index (χ0n) is 12.1. The van der Waals surface area contributed by atoms with E-state index in [1.54, 1.807) is 0 Å². The molecule has 1 aliphatic rings. The van der Waals surface area contributed by atoms with Gasteiger partial charge in [-0.1, -0.05) is 19.8 Å². The van der Waals surface area contributed by atoms with Gasteiger partial charge in [0.25, 0.3) is 5.56 Å². The van der Waals surface area contributed by atoms with Crippen molar-refractivity contribution in [1.29, 1.82) is 0 Å². The van der Waals surface area contributed by atoms with E-state index < -0.39 is 16.8 Å². The minimum absolute atomic E-state index is 0.108. The monoisotopic (exact) mass is 295 g/mol. The number of hydrogen-bond donors (Lipinski definition) is 3. The zero-order chi connectivity index (χ0) is 15.5. The number of aromatic amines is 1. The largest absolute Gasteiger partial charge is 0.394 e. The molecule has 2 atom stereocenters. The van der Waals surface area contributed by atoms with Gasteiger partial charge in [-0.3, -0.25) is 19.1 Å². The zero-order valence-corrected chi connectivity index (χ0v) is 12.1. The molecule has 2 unspecified atom stereocenters. The first-order valence-corrected chi connectivity index (χ1v) is 7.16. The summed E-state index contributed by atoms with van der Waals surface area (Å²) in [5, 5.41) is 12.5. The normalized spacial score (nSPS) is 25.5. The highest BCUT2D eigenvalue weighted by atomic mass is 16.3. The maximum absolute atomic E-state index is 12.1. The molecule has 0 aromatic carbocycles. The van der Waals surface area contributed by atoms with Crippen molar-refractivity contribution in [1.82, 2.24) is 14.9 Å². The molecule has 3 N–H and O–H groups in total. The van der Waals surface area contributed by atoms with Crippen molar-refractivity contribution in [2.45, 2.75) is 44.7 Å². The Morgan fingerprint density at radius 1 is 1.57 bits per heavy atom. The van der Waals surface area contributed by atoms with Crippen LogP contribution in [-0.2, 0) is 11.3 Å². The molecule has 1 saturated carbocycles. The number of nitrogens with one attached hydrogen (secondary N) is 2. The molecule has 0 aliphatic heterocycles. The average molecular weight is 295 g/mol. The van der Waals surface area contributed by atoms with Crippen molar-refractivity contribution < 1.29 is 9.90 Å². The van der Waals surface area contributed by atoms with Crippen molar-refractivity contribution in [2.75, 3.05) is 6.61 Å². The quantitative estimate of drug-likeness (QED) is 0.702. The highest BCUT2D eigenvalue weighted by Crippen LogP contribution is 2.31. The van der Waals surface area contributed by atoms with Gasteiger partial charge in [0, 0.05) is 12.3 Å². The summed E-state index contributed by atoms with van der Waals surface area (Å²) in [5.41, 5.74) is -1.71. The van der Waals surface area contributed by atoms with Gasteiger partial charge in [0.05, 0.1) is 12.1 Å². The minimum atomic E-state index is -0.618. The number of hydrogen-bond acceptors (Lipinski definition) is 4. The van der Waals surface area contributed by atoms with E-state index in [2.05, 4.69) is 17.2 Å². The number of carbonyl (C=O) groups is 1. The van der Waals surface area contributed by atoms with E-state index in [4.69, 9.17) is 0 Å². The third-order valence-electron chi connectivity index (χ3n) is 4.01. The van der Waals surface area contributed by atoms with E-state index in [0.29, 0.717) is 5.92 Å². The molecular formula is C14H21N3O4. The average Bonchev–Trinajstić information content (AvgIpc) is 2.42.